The van der Waals surface area contributed by atoms with E-state index in [1.54, 1.807) is 12.1 Å². The van der Waals surface area contributed by atoms with Crippen molar-refractivity contribution in [2.24, 2.45) is 0 Å². The first-order valence-electron chi connectivity index (χ1n) is 6.71. The molecule has 20 heavy (non-hydrogen) atoms. The van der Waals surface area contributed by atoms with Gasteiger partial charge in [0.25, 0.3) is 0 Å². The molecule has 1 aliphatic rings. The van der Waals surface area contributed by atoms with Crippen molar-refractivity contribution in [3.63, 3.8) is 0 Å². The largest absolute Gasteiger partial charge is 0.339 e. The van der Waals surface area contributed by atoms with Gasteiger partial charge in [0.1, 0.15) is 5.82 Å². The highest BCUT2D eigenvalue weighted by atomic mass is 19.1. The highest BCUT2D eigenvalue weighted by molar-refractivity contribution is 5.53. The molecular formula is C14H17FN4O. The minimum atomic E-state index is -0.271. The highest BCUT2D eigenvalue weighted by Crippen LogP contribution is 2.17. The summed E-state index contributed by atoms with van der Waals surface area (Å²) in [6, 6.07) is 6.41. The first-order chi connectivity index (χ1) is 9.70. The minimum Gasteiger partial charge on any atom is -0.339 e. The number of hydrogen-bond donors (Lipinski definition) is 1. The second-order valence-electron chi connectivity index (χ2n) is 5.14. The molecule has 0 radical (unpaired) electrons. The maximum atomic E-state index is 12.9. The van der Waals surface area contributed by atoms with Crippen LogP contribution in [0, 0.1) is 5.82 Å². The van der Waals surface area contributed by atoms with Crippen molar-refractivity contribution in [2.45, 2.75) is 12.5 Å². The van der Waals surface area contributed by atoms with Crippen molar-refractivity contribution in [3.05, 3.63) is 36.0 Å². The number of piperazine rings is 1. The SMILES string of the molecule is CN1CCNC(Cc2nc(-c3ccc(F)cc3)no2)C1. The molecule has 1 aromatic heterocycles. The van der Waals surface area contributed by atoms with Crippen LogP contribution < -0.4 is 5.32 Å². The second kappa shape index (κ2) is 5.68. The molecule has 106 valence electrons. The van der Waals surface area contributed by atoms with Gasteiger partial charge in [-0.2, -0.15) is 4.98 Å². The minimum absolute atomic E-state index is 0.271. The van der Waals surface area contributed by atoms with Gasteiger partial charge in [0.05, 0.1) is 0 Å². The molecule has 1 aliphatic heterocycles. The Labute approximate surface area is 116 Å². The molecule has 0 saturated carbocycles. The van der Waals surface area contributed by atoms with E-state index in [1.807, 2.05) is 0 Å². The van der Waals surface area contributed by atoms with Gasteiger partial charge in [-0.25, -0.2) is 4.39 Å². The fourth-order valence-electron chi connectivity index (χ4n) is 2.39. The van der Waals surface area contributed by atoms with Crippen molar-refractivity contribution < 1.29 is 8.91 Å². The molecule has 1 N–H and O–H groups in total. The van der Waals surface area contributed by atoms with Gasteiger partial charge in [0.2, 0.25) is 11.7 Å². The van der Waals surface area contributed by atoms with Gasteiger partial charge in [0.15, 0.2) is 0 Å². The molecule has 5 nitrogen and oxygen atoms in total. The molecule has 0 aliphatic carbocycles. The van der Waals surface area contributed by atoms with Gasteiger partial charge >= 0.3 is 0 Å². The third-order valence-electron chi connectivity index (χ3n) is 3.45. The molecule has 0 amide bonds. The number of nitrogens with one attached hydrogen (secondary N) is 1. The van der Waals surface area contributed by atoms with Crippen LogP contribution in [0.15, 0.2) is 28.8 Å². The summed E-state index contributed by atoms with van der Waals surface area (Å²) in [5.41, 5.74) is 0.759. The van der Waals surface area contributed by atoms with Crippen LogP contribution in [-0.2, 0) is 6.42 Å². The summed E-state index contributed by atoms with van der Waals surface area (Å²) in [6.07, 6.45) is 0.707. The number of hydrogen-bond acceptors (Lipinski definition) is 5. The van der Waals surface area contributed by atoms with Crippen molar-refractivity contribution in [1.82, 2.24) is 20.4 Å². The molecule has 3 rings (SSSR count). The Morgan fingerprint density at radius 3 is 2.95 bits per heavy atom. The predicted octanol–water partition coefficient (Wildman–Crippen LogP) is 1.32. The van der Waals surface area contributed by atoms with Crippen LogP contribution >= 0.6 is 0 Å². The van der Waals surface area contributed by atoms with E-state index >= 15 is 0 Å². The van der Waals surface area contributed by atoms with Gasteiger partial charge in [-0.1, -0.05) is 5.16 Å². The molecule has 0 bridgehead atoms. The van der Waals surface area contributed by atoms with Gasteiger partial charge < -0.3 is 14.7 Å². The van der Waals surface area contributed by atoms with Crippen LogP contribution in [0.2, 0.25) is 0 Å². The van der Waals surface area contributed by atoms with Crippen molar-refractivity contribution in [2.75, 3.05) is 26.7 Å². The quantitative estimate of drug-likeness (QED) is 0.916. The van der Waals surface area contributed by atoms with E-state index in [2.05, 4.69) is 27.4 Å². The van der Waals surface area contributed by atoms with E-state index in [0.29, 0.717) is 24.2 Å². The maximum absolute atomic E-state index is 12.9. The summed E-state index contributed by atoms with van der Waals surface area (Å²) in [7, 11) is 2.10. The summed E-state index contributed by atoms with van der Waals surface area (Å²) in [5.74, 6) is 0.841. The van der Waals surface area contributed by atoms with Gasteiger partial charge in [-0.05, 0) is 31.3 Å². The van der Waals surface area contributed by atoms with E-state index in [-0.39, 0.29) is 5.82 Å². The predicted molar refractivity (Wildman–Crippen MR) is 72.7 cm³/mol. The van der Waals surface area contributed by atoms with Crippen LogP contribution in [0.25, 0.3) is 11.4 Å². The highest BCUT2D eigenvalue weighted by Gasteiger charge is 2.19. The Morgan fingerprint density at radius 2 is 2.20 bits per heavy atom. The zero-order valence-electron chi connectivity index (χ0n) is 11.3. The first-order valence-corrected chi connectivity index (χ1v) is 6.71. The summed E-state index contributed by atoms with van der Waals surface area (Å²) >= 11 is 0. The normalized spacial score (nSPS) is 20.2. The fraction of sp³-hybridized carbons (Fsp3) is 0.429. The van der Waals surface area contributed by atoms with E-state index in [4.69, 9.17) is 4.52 Å². The topological polar surface area (TPSA) is 54.2 Å². The number of nitrogens with zero attached hydrogens (tertiary/aromatic N) is 3. The standard InChI is InChI=1S/C14H17FN4O/c1-19-7-6-16-12(9-19)8-13-17-14(18-20-13)10-2-4-11(15)5-3-10/h2-5,12,16H,6-9H2,1H3. The number of likely N-dealkylation sites (N-methyl/N-ethyl adjacent to an activating group) is 1. The van der Waals surface area contributed by atoms with Crippen LogP contribution in [0.3, 0.4) is 0 Å². The molecule has 6 heteroatoms. The van der Waals surface area contributed by atoms with Gasteiger partial charge in [0, 0.05) is 37.7 Å². The van der Waals surface area contributed by atoms with Gasteiger partial charge in [-0.15, -0.1) is 0 Å². The summed E-state index contributed by atoms with van der Waals surface area (Å²) in [5, 5.41) is 7.39. The third-order valence-corrected chi connectivity index (χ3v) is 3.45. The molecule has 1 unspecified atom stereocenters. The van der Waals surface area contributed by atoms with Crippen LogP contribution in [0.5, 0.6) is 0 Å². The smallest absolute Gasteiger partial charge is 0.228 e. The molecule has 2 aromatic rings. The monoisotopic (exact) mass is 276 g/mol. The third kappa shape index (κ3) is 3.02. The molecule has 1 atom stereocenters. The van der Waals surface area contributed by atoms with Crippen LogP contribution in [0.1, 0.15) is 5.89 Å². The Kier molecular flexibility index (Phi) is 3.75. The lowest BCUT2D eigenvalue weighted by atomic mass is 10.1. The molecular weight excluding hydrogens is 259 g/mol. The van der Waals surface area contributed by atoms with E-state index in [1.165, 1.54) is 12.1 Å². The molecule has 1 aromatic carbocycles. The second-order valence-corrected chi connectivity index (χ2v) is 5.14. The molecule has 0 spiro atoms. The lowest BCUT2D eigenvalue weighted by Gasteiger charge is -2.29. The zero-order chi connectivity index (χ0) is 13.9. The Bertz CT molecular complexity index is 569. The number of halogens is 1. The van der Waals surface area contributed by atoms with Crippen molar-refractivity contribution in [3.8, 4) is 11.4 Å². The molecule has 2 heterocycles. The van der Waals surface area contributed by atoms with Crippen molar-refractivity contribution >= 4 is 0 Å². The Hall–Kier alpha value is -1.79. The molecule has 1 fully saturated rings. The summed E-state index contributed by atoms with van der Waals surface area (Å²) in [6.45, 7) is 3.00. The number of rotatable bonds is 3. The average molecular weight is 276 g/mol. The zero-order valence-corrected chi connectivity index (χ0v) is 11.3. The lowest BCUT2D eigenvalue weighted by Crippen LogP contribution is -2.49. The Balaban J connectivity index is 1.69. The molecule has 1 saturated heterocycles. The van der Waals surface area contributed by atoms with Crippen molar-refractivity contribution in [1.29, 1.82) is 0 Å². The van der Waals surface area contributed by atoms with E-state index in [9.17, 15) is 4.39 Å². The van der Waals surface area contributed by atoms with E-state index < -0.39 is 0 Å². The number of aromatic nitrogens is 2. The maximum Gasteiger partial charge on any atom is 0.228 e. The summed E-state index contributed by atoms with van der Waals surface area (Å²) < 4.78 is 18.2. The van der Waals surface area contributed by atoms with E-state index in [0.717, 1.165) is 25.2 Å². The number of benzene rings is 1. The average Bonchev–Trinajstić information content (AvgIpc) is 2.88. The van der Waals surface area contributed by atoms with Gasteiger partial charge in [-0.3, -0.25) is 0 Å². The first kappa shape index (κ1) is 13.2. The Morgan fingerprint density at radius 1 is 1.40 bits per heavy atom. The lowest BCUT2D eigenvalue weighted by molar-refractivity contribution is 0.227. The fourth-order valence-corrected chi connectivity index (χ4v) is 2.39. The van der Waals surface area contributed by atoms with Crippen LogP contribution in [-0.4, -0.2) is 47.8 Å². The summed E-state index contributed by atoms with van der Waals surface area (Å²) in [4.78, 5) is 6.65. The van der Waals surface area contributed by atoms with Crippen LogP contribution in [0.4, 0.5) is 4.39 Å².